The van der Waals surface area contributed by atoms with Gasteiger partial charge in [-0.2, -0.15) is 25.5 Å². The van der Waals surface area contributed by atoms with Gasteiger partial charge >= 0.3 is 0 Å². The van der Waals surface area contributed by atoms with Gasteiger partial charge in [0.1, 0.15) is 16.4 Å². The third-order valence-corrected chi connectivity index (χ3v) is 5.19. The average Bonchev–Trinajstić information content (AvgIpc) is 3.39. The zero-order valence-electron chi connectivity index (χ0n) is 13.4. The highest BCUT2D eigenvalue weighted by atomic mass is 32.1. The predicted octanol–water partition coefficient (Wildman–Crippen LogP) is 1.98. The molecular formula is C15H14N8OS. The number of hydrogen-bond donors (Lipinski definition) is 1. The molecule has 1 unspecified atom stereocenters. The van der Waals surface area contributed by atoms with Gasteiger partial charge in [-0.1, -0.05) is 5.16 Å². The minimum Gasteiger partial charge on any atom is -0.339 e. The Labute approximate surface area is 146 Å². The van der Waals surface area contributed by atoms with Crippen molar-refractivity contribution >= 4 is 11.3 Å². The molecular weight excluding hydrogens is 340 g/mol. The highest BCUT2D eigenvalue weighted by Gasteiger charge is 2.28. The van der Waals surface area contributed by atoms with Crippen LogP contribution in [0.1, 0.15) is 29.6 Å². The molecule has 0 saturated heterocycles. The third kappa shape index (κ3) is 2.54. The first-order chi connectivity index (χ1) is 12.3. The molecule has 5 rings (SSSR count). The van der Waals surface area contributed by atoms with Gasteiger partial charge in [0, 0.05) is 31.0 Å². The highest BCUT2D eigenvalue weighted by Crippen LogP contribution is 2.32. The molecule has 1 aliphatic carbocycles. The number of fused-ring (bicyclic) bond motifs is 1. The Morgan fingerprint density at radius 2 is 2.16 bits per heavy atom. The molecule has 1 atom stereocenters. The summed E-state index contributed by atoms with van der Waals surface area (Å²) in [6.07, 6.45) is 4.46. The molecule has 0 bridgehead atoms. The zero-order chi connectivity index (χ0) is 16.8. The van der Waals surface area contributed by atoms with Crippen LogP contribution >= 0.6 is 11.3 Å². The molecule has 0 aromatic carbocycles. The molecule has 9 nitrogen and oxygen atoms in total. The number of rotatable bonds is 3. The summed E-state index contributed by atoms with van der Waals surface area (Å²) < 4.78 is 7.25. The van der Waals surface area contributed by atoms with E-state index >= 15 is 0 Å². The first-order valence-corrected chi connectivity index (χ1v) is 8.82. The van der Waals surface area contributed by atoms with Gasteiger partial charge in [0.25, 0.3) is 0 Å². The van der Waals surface area contributed by atoms with Crippen LogP contribution in [0.2, 0.25) is 0 Å². The maximum atomic E-state index is 5.49. The van der Waals surface area contributed by atoms with Crippen molar-refractivity contribution in [3.8, 4) is 22.2 Å². The van der Waals surface area contributed by atoms with E-state index in [4.69, 9.17) is 4.52 Å². The van der Waals surface area contributed by atoms with Crippen LogP contribution in [0.25, 0.3) is 22.2 Å². The summed E-state index contributed by atoms with van der Waals surface area (Å²) in [6, 6.07) is 1.93. The van der Waals surface area contributed by atoms with E-state index in [0.717, 1.165) is 41.4 Å². The van der Waals surface area contributed by atoms with Crippen LogP contribution in [0.5, 0.6) is 0 Å². The van der Waals surface area contributed by atoms with Crippen molar-refractivity contribution in [3.05, 3.63) is 34.9 Å². The van der Waals surface area contributed by atoms with Crippen LogP contribution in [0.15, 0.2) is 22.2 Å². The van der Waals surface area contributed by atoms with E-state index in [2.05, 4.69) is 35.6 Å². The normalized spacial score (nSPS) is 16.9. The molecule has 4 aromatic heterocycles. The number of hydrogen-bond acceptors (Lipinski definition) is 8. The summed E-state index contributed by atoms with van der Waals surface area (Å²) in [5.41, 5.74) is 3.57. The standard InChI is InChI=1S/C15H14N8OS/c1-23-5-4-10(20-23)15-16-12(7-25-15)13-17-14(24-21-13)8-2-3-9-11(6-8)19-22-18-9/h4-5,7-8H,2-3,6H2,1H3,(H,18,19,22). The molecule has 0 saturated carbocycles. The van der Waals surface area contributed by atoms with Crippen molar-refractivity contribution in [2.24, 2.45) is 7.05 Å². The van der Waals surface area contributed by atoms with Crippen molar-refractivity contribution in [2.45, 2.75) is 25.2 Å². The van der Waals surface area contributed by atoms with E-state index in [0.29, 0.717) is 17.4 Å². The minimum atomic E-state index is 0.174. The number of nitrogens with zero attached hydrogens (tertiary/aromatic N) is 7. The van der Waals surface area contributed by atoms with Crippen LogP contribution in [-0.2, 0) is 19.9 Å². The summed E-state index contributed by atoms with van der Waals surface area (Å²) in [6.45, 7) is 0. The number of aryl methyl sites for hydroxylation is 2. The second kappa shape index (κ2) is 5.59. The second-order valence-electron chi connectivity index (χ2n) is 6.03. The molecule has 0 aliphatic heterocycles. The van der Waals surface area contributed by atoms with Crippen molar-refractivity contribution in [1.82, 2.24) is 40.3 Å². The lowest BCUT2D eigenvalue weighted by molar-refractivity contribution is 0.339. The lowest BCUT2D eigenvalue weighted by Crippen LogP contribution is -2.13. The Balaban J connectivity index is 1.39. The van der Waals surface area contributed by atoms with Gasteiger partial charge in [-0.3, -0.25) is 4.68 Å². The van der Waals surface area contributed by atoms with Crippen LogP contribution in [0.3, 0.4) is 0 Å². The van der Waals surface area contributed by atoms with E-state index in [1.165, 1.54) is 11.3 Å². The van der Waals surface area contributed by atoms with Gasteiger partial charge in [0.15, 0.2) is 0 Å². The molecule has 126 valence electrons. The topological polar surface area (TPSA) is 111 Å². The van der Waals surface area contributed by atoms with Crippen molar-refractivity contribution in [2.75, 3.05) is 0 Å². The van der Waals surface area contributed by atoms with E-state index in [9.17, 15) is 0 Å². The summed E-state index contributed by atoms with van der Waals surface area (Å²) >= 11 is 1.52. The van der Waals surface area contributed by atoms with Gasteiger partial charge in [0.05, 0.1) is 11.4 Å². The molecule has 10 heteroatoms. The molecule has 4 heterocycles. The maximum Gasteiger partial charge on any atom is 0.230 e. The van der Waals surface area contributed by atoms with Crippen LogP contribution in [-0.4, -0.2) is 40.3 Å². The Morgan fingerprint density at radius 3 is 3.04 bits per heavy atom. The van der Waals surface area contributed by atoms with Gasteiger partial charge < -0.3 is 4.52 Å². The molecule has 0 amide bonds. The monoisotopic (exact) mass is 354 g/mol. The predicted molar refractivity (Wildman–Crippen MR) is 88.8 cm³/mol. The van der Waals surface area contributed by atoms with Gasteiger partial charge in [-0.15, -0.1) is 11.3 Å². The van der Waals surface area contributed by atoms with Gasteiger partial charge in [0.2, 0.25) is 11.7 Å². The largest absolute Gasteiger partial charge is 0.339 e. The number of nitrogens with one attached hydrogen (secondary N) is 1. The first kappa shape index (κ1) is 14.5. The summed E-state index contributed by atoms with van der Waals surface area (Å²) in [5, 5.41) is 22.3. The molecule has 4 aromatic rings. The Hall–Kier alpha value is -2.88. The fraction of sp³-hybridized carbons (Fsp3) is 0.333. The summed E-state index contributed by atoms with van der Waals surface area (Å²) in [5.74, 6) is 1.32. The maximum absolute atomic E-state index is 5.49. The van der Waals surface area contributed by atoms with Gasteiger partial charge in [-0.05, 0) is 18.9 Å². The zero-order valence-corrected chi connectivity index (χ0v) is 14.2. The van der Waals surface area contributed by atoms with Crippen molar-refractivity contribution < 1.29 is 4.52 Å². The van der Waals surface area contributed by atoms with E-state index in [1.807, 2.05) is 24.7 Å². The molecule has 25 heavy (non-hydrogen) atoms. The molecule has 1 aliphatic rings. The minimum absolute atomic E-state index is 0.174. The summed E-state index contributed by atoms with van der Waals surface area (Å²) in [4.78, 5) is 9.14. The quantitative estimate of drug-likeness (QED) is 0.599. The number of H-pyrrole nitrogens is 1. The fourth-order valence-electron chi connectivity index (χ4n) is 3.02. The van der Waals surface area contributed by atoms with E-state index < -0.39 is 0 Å². The lowest BCUT2D eigenvalue weighted by Gasteiger charge is -2.15. The van der Waals surface area contributed by atoms with Crippen molar-refractivity contribution in [1.29, 1.82) is 0 Å². The van der Waals surface area contributed by atoms with E-state index in [-0.39, 0.29) is 5.92 Å². The van der Waals surface area contributed by atoms with Crippen LogP contribution < -0.4 is 0 Å². The highest BCUT2D eigenvalue weighted by molar-refractivity contribution is 7.13. The molecule has 1 N–H and O–H groups in total. The first-order valence-electron chi connectivity index (χ1n) is 7.94. The van der Waals surface area contributed by atoms with Gasteiger partial charge in [-0.25, -0.2) is 4.98 Å². The van der Waals surface area contributed by atoms with Crippen LogP contribution in [0, 0.1) is 0 Å². The fourth-order valence-corrected chi connectivity index (χ4v) is 3.79. The molecule has 0 spiro atoms. The van der Waals surface area contributed by atoms with Crippen LogP contribution in [0.4, 0.5) is 0 Å². The Bertz CT molecular complexity index is 1030. The molecule has 0 radical (unpaired) electrons. The average molecular weight is 354 g/mol. The Morgan fingerprint density at radius 1 is 1.24 bits per heavy atom. The summed E-state index contributed by atoms with van der Waals surface area (Å²) in [7, 11) is 1.88. The second-order valence-corrected chi connectivity index (χ2v) is 6.88. The van der Waals surface area contributed by atoms with E-state index in [1.54, 1.807) is 4.68 Å². The number of aromatic amines is 1. The number of aromatic nitrogens is 8. The Kier molecular flexibility index (Phi) is 3.23. The lowest BCUT2D eigenvalue weighted by atomic mass is 9.90. The van der Waals surface area contributed by atoms with Crippen molar-refractivity contribution in [3.63, 3.8) is 0 Å². The smallest absolute Gasteiger partial charge is 0.230 e. The SMILES string of the molecule is Cn1ccc(-c2nc(-c3noc(C4CCc5n[nH]nc5C4)n3)cs2)n1. The number of thiazole rings is 1. The third-order valence-electron chi connectivity index (χ3n) is 4.33. The molecule has 0 fully saturated rings.